The predicted octanol–water partition coefficient (Wildman–Crippen LogP) is 3.65. The molecular weight excluding hydrogens is 358 g/mol. The topological polar surface area (TPSA) is 87.8 Å². The van der Waals surface area contributed by atoms with Gasteiger partial charge >= 0.3 is 5.97 Å². The lowest BCUT2D eigenvalue weighted by atomic mass is 9.83. The summed E-state index contributed by atoms with van der Waals surface area (Å²) in [6.07, 6.45) is 1.92. The van der Waals surface area contributed by atoms with Crippen molar-refractivity contribution in [3.8, 4) is 0 Å². The third-order valence-electron chi connectivity index (χ3n) is 5.27. The molecule has 1 saturated heterocycles. The minimum atomic E-state index is -0.617. The number of ketones is 1. The molecule has 2 unspecified atom stereocenters. The number of nitrogens with two attached hydrogens (primary N) is 1. The monoisotopic (exact) mass is 387 g/mol. The van der Waals surface area contributed by atoms with Gasteiger partial charge in [0, 0.05) is 24.3 Å². The number of allylic oxidation sites excluding steroid dienone is 1. The molecule has 2 N–H and O–H groups in total. The van der Waals surface area contributed by atoms with Crippen molar-refractivity contribution >= 4 is 17.4 Å². The summed E-state index contributed by atoms with van der Waals surface area (Å²) in [4.78, 5) is 25.4. The number of anilines is 1. The van der Waals surface area contributed by atoms with Gasteiger partial charge in [0.05, 0.1) is 12.2 Å². The van der Waals surface area contributed by atoms with Crippen LogP contribution < -0.4 is 5.73 Å². The fourth-order valence-electron chi connectivity index (χ4n) is 3.67. The van der Waals surface area contributed by atoms with Crippen LogP contribution in [-0.4, -0.2) is 37.2 Å². The number of benzene rings is 1. The third kappa shape index (κ3) is 4.93. The first-order chi connectivity index (χ1) is 13.2. The smallest absolute Gasteiger partial charge is 0.338 e. The first-order valence-corrected chi connectivity index (χ1v) is 9.80. The number of hydrogen-bond acceptors (Lipinski definition) is 6. The van der Waals surface area contributed by atoms with E-state index in [-0.39, 0.29) is 17.3 Å². The number of hydrogen-bond donors (Lipinski definition) is 1. The van der Waals surface area contributed by atoms with Gasteiger partial charge in [-0.25, -0.2) is 4.79 Å². The van der Waals surface area contributed by atoms with E-state index in [9.17, 15) is 9.59 Å². The Morgan fingerprint density at radius 2 is 1.96 bits per heavy atom. The highest BCUT2D eigenvalue weighted by Gasteiger charge is 2.38. The van der Waals surface area contributed by atoms with Crippen molar-refractivity contribution in [2.75, 3.05) is 18.9 Å². The summed E-state index contributed by atoms with van der Waals surface area (Å²) in [6.45, 7) is 6.98. The summed E-state index contributed by atoms with van der Waals surface area (Å²) in [7, 11) is 0. The molecule has 2 atom stereocenters. The lowest BCUT2D eigenvalue weighted by molar-refractivity contribution is -0.117. The van der Waals surface area contributed by atoms with Gasteiger partial charge in [0.1, 0.15) is 11.9 Å². The zero-order valence-corrected chi connectivity index (χ0v) is 16.8. The molecule has 0 amide bonds. The number of esters is 1. The fraction of sp³-hybridized carbons (Fsp3) is 0.545. The van der Waals surface area contributed by atoms with Crippen molar-refractivity contribution in [3.05, 3.63) is 41.2 Å². The molecule has 28 heavy (non-hydrogen) atoms. The van der Waals surface area contributed by atoms with Crippen molar-refractivity contribution < 1.29 is 23.8 Å². The van der Waals surface area contributed by atoms with Gasteiger partial charge in [0.2, 0.25) is 0 Å². The average Bonchev–Trinajstić information content (AvgIpc) is 2.72. The summed E-state index contributed by atoms with van der Waals surface area (Å²) in [5, 5.41) is 0. The lowest BCUT2D eigenvalue weighted by Crippen LogP contribution is -2.32. The molecule has 152 valence electrons. The average molecular weight is 387 g/mol. The van der Waals surface area contributed by atoms with Crippen LogP contribution in [0, 0.1) is 5.41 Å². The van der Waals surface area contributed by atoms with Gasteiger partial charge in [-0.3, -0.25) is 4.79 Å². The molecule has 2 aliphatic rings. The number of rotatable bonds is 4. The second-order valence-corrected chi connectivity index (χ2v) is 8.43. The van der Waals surface area contributed by atoms with Gasteiger partial charge in [0.15, 0.2) is 11.9 Å². The van der Waals surface area contributed by atoms with Crippen molar-refractivity contribution in [1.82, 2.24) is 0 Å². The quantitative estimate of drug-likeness (QED) is 0.627. The maximum Gasteiger partial charge on any atom is 0.338 e. The Kier molecular flexibility index (Phi) is 6.08. The van der Waals surface area contributed by atoms with Crippen LogP contribution in [0.4, 0.5) is 5.69 Å². The molecule has 1 heterocycles. The molecule has 6 heteroatoms. The molecular formula is C22H29NO5. The standard InChI is InChI=1S/C22H29NO5/c1-14-18(24)11-22(2,3)12-19(20(14)27-17-5-4-10-26-13-17)28-21(25)15-6-8-16(23)9-7-15/h6-9,17,19H,4-5,10-13,23H2,1-3H3. The van der Waals surface area contributed by atoms with Crippen LogP contribution in [0.25, 0.3) is 0 Å². The number of nitrogen functional groups attached to an aromatic ring is 1. The highest BCUT2D eigenvalue weighted by atomic mass is 16.6. The maximum atomic E-state index is 12.7. The SMILES string of the molecule is CC1=C(OC2CCCOC2)C(OC(=O)c2ccc(N)cc2)CC(C)(C)CC1=O. The lowest BCUT2D eigenvalue weighted by Gasteiger charge is -2.30. The highest BCUT2D eigenvalue weighted by Crippen LogP contribution is 2.38. The summed E-state index contributed by atoms with van der Waals surface area (Å²) >= 11 is 0. The van der Waals surface area contributed by atoms with Crippen LogP contribution in [0.5, 0.6) is 0 Å². The summed E-state index contributed by atoms with van der Waals surface area (Å²) in [5.41, 5.74) is 6.92. The molecule has 0 radical (unpaired) electrons. The van der Waals surface area contributed by atoms with Crippen molar-refractivity contribution in [1.29, 1.82) is 0 Å². The summed E-state index contributed by atoms with van der Waals surface area (Å²) in [6, 6.07) is 6.59. The molecule has 0 spiro atoms. The minimum absolute atomic E-state index is 0.0303. The van der Waals surface area contributed by atoms with Gasteiger partial charge in [-0.05, 0) is 55.9 Å². The number of ether oxygens (including phenoxy) is 3. The van der Waals surface area contributed by atoms with E-state index in [4.69, 9.17) is 19.9 Å². The summed E-state index contributed by atoms with van der Waals surface area (Å²) < 4.78 is 17.5. The van der Waals surface area contributed by atoms with Crippen molar-refractivity contribution in [2.24, 2.45) is 5.41 Å². The van der Waals surface area contributed by atoms with Gasteiger partial charge in [0.25, 0.3) is 0 Å². The van der Waals surface area contributed by atoms with E-state index in [1.807, 2.05) is 13.8 Å². The van der Waals surface area contributed by atoms with Crippen LogP contribution in [0.3, 0.4) is 0 Å². The Labute approximate surface area is 166 Å². The molecule has 3 rings (SSSR count). The Balaban J connectivity index is 1.86. The fourth-order valence-corrected chi connectivity index (χ4v) is 3.67. The van der Waals surface area contributed by atoms with E-state index < -0.39 is 12.1 Å². The zero-order valence-electron chi connectivity index (χ0n) is 16.8. The molecule has 6 nitrogen and oxygen atoms in total. The van der Waals surface area contributed by atoms with E-state index in [2.05, 4.69) is 0 Å². The summed E-state index contributed by atoms with van der Waals surface area (Å²) in [5.74, 6) is 0.0431. The number of Topliss-reactive ketones (excluding diaryl/α,β-unsaturated/α-hetero) is 1. The molecule has 1 aliphatic heterocycles. The normalized spacial score (nSPS) is 25.2. The van der Waals surface area contributed by atoms with Crippen molar-refractivity contribution in [3.63, 3.8) is 0 Å². The zero-order chi connectivity index (χ0) is 20.3. The van der Waals surface area contributed by atoms with E-state index in [0.29, 0.717) is 42.0 Å². The largest absolute Gasteiger partial charge is 0.488 e. The van der Waals surface area contributed by atoms with Gasteiger partial charge in [-0.15, -0.1) is 0 Å². The second-order valence-electron chi connectivity index (χ2n) is 8.43. The van der Waals surface area contributed by atoms with Crippen molar-refractivity contribution in [2.45, 2.75) is 58.7 Å². The Morgan fingerprint density at radius 1 is 1.25 bits per heavy atom. The van der Waals surface area contributed by atoms with E-state index in [1.165, 1.54) is 0 Å². The number of carbonyl (C=O) groups is 2. The predicted molar refractivity (Wildman–Crippen MR) is 106 cm³/mol. The Bertz CT molecular complexity index is 760. The Morgan fingerprint density at radius 3 is 2.61 bits per heavy atom. The minimum Gasteiger partial charge on any atom is -0.488 e. The molecule has 1 aromatic rings. The Hall–Kier alpha value is -2.34. The molecule has 0 aromatic heterocycles. The van der Waals surface area contributed by atoms with Crippen LogP contribution in [0.2, 0.25) is 0 Å². The van der Waals surface area contributed by atoms with Crippen LogP contribution >= 0.6 is 0 Å². The van der Waals surface area contributed by atoms with Gasteiger partial charge in [-0.1, -0.05) is 13.8 Å². The molecule has 1 fully saturated rings. The van der Waals surface area contributed by atoms with E-state index in [1.54, 1.807) is 31.2 Å². The van der Waals surface area contributed by atoms with E-state index in [0.717, 1.165) is 19.4 Å². The van der Waals surface area contributed by atoms with Gasteiger partial charge < -0.3 is 19.9 Å². The van der Waals surface area contributed by atoms with Gasteiger partial charge in [-0.2, -0.15) is 0 Å². The van der Waals surface area contributed by atoms with Crippen LogP contribution in [0.15, 0.2) is 35.6 Å². The van der Waals surface area contributed by atoms with E-state index >= 15 is 0 Å². The molecule has 0 bridgehead atoms. The third-order valence-corrected chi connectivity index (χ3v) is 5.27. The molecule has 1 aliphatic carbocycles. The maximum absolute atomic E-state index is 12.7. The molecule has 0 saturated carbocycles. The van der Waals surface area contributed by atoms with Crippen LogP contribution in [0.1, 0.15) is 56.8 Å². The highest BCUT2D eigenvalue weighted by molar-refractivity contribution is 5.96. The second kappa shape index (κ2) is 8.35. The first-order valence-electron chi connectivity index (χ1n) is 9.80. The first kappa shape index (κ1) is 20.4. The number of carbonyl (C=O) groups excluding carboxylic acids is 2. The molecule has 1 aromatic carbocycles. The van der Waals surface area contributed by atoms with Crippen LogP contribution in [-0.2, 0) is 19.0 Å².